The molecule has 2 saturated carbocycles. The van der Waals surface area contributed by atoms with Crippen LogP contribution in [-0.4, -0.2) is 68.2 Å². The zero-order chi connectivity index (χ0) is 25.9. The van der Waals surface area contributed by atoms with E-state index in [-0.39, 0.29) is 12.8 Å². The Kier molecular flexibility index (Phi) is 6.48. The second kappa shape index (κ2) is 8.29. The smallest absolute Gasteiger partial charge is 0.426 e. The molecule has 192 valence electrons. The Morgan fingerprint density at radius 1 is 1.21 bits per heavy atom. The first kappa shape index (κ1) is 26.6. The van der Waals surface area contributed by atoms with Crippen molar-refractivity contribution in [2.45, 2.75) is 102 Å². The highest BCUT2D eigenvalue weighted by Gasteiger charge is 2.81. The van der Waals surface area contributed by atoms with Gasteiger partial charge in [-0.1, -0.05) is 33.8 Å². The van der Waals surface area contributed by atoms with Crippen LogP contribution in [0.2, 0.25) is 0 Å². The Labute approximate surface area is 200 Å². The number of rotatable bonds is 3. The van der Waals surface area contributed by atoms with Crippen LogP contribution >= 0.6 is 0 Å². The van der Waals surface area contributed by atoms with Gasteiger partial charge in [0.2, 0.25) is 5.91 Å². The first-order valence-corrected chi connectivity index (χ1v) is 11.7. The Hall–Kier alpha value is -2.01. The second-order valence-corrected chi connectivity index (χ2v) is 11.2. The Morgan fingerprint density at radius 2 is 1.82 bits per heavy atom. The summed E-state index contributed by atoms with van der Waals surface area (Å²) >= 11 is 0. The van der Waals surface area contributed by atoms with Crippen LogP contribution in [0.1, 0.15) is 67.2 Å². The first-order valence-electron chi connectivity index (χ1n) is 11.7. The van der Waals surface area contributed by atoms with Gasteiger partial charge in [-0.2, -0.15) is 0 Å². The van der Waals surface area contributed by atoms with Crippen molar-refractivity contribution < 1.29 is 39.2 Å². The van der Waals surface area contributed by atoms with E-state index in [1.54, 1.807) is 20.8 Å². The van der Waals surface area contributed by atoms with Crippen LogP contribution in [0.4, 0.5) is 4.79 Å². The van der Waals surface area contributed by atoms with E-state index in [4.69, 9.17) is 9.47 Å². The molecule has 0 bridgehead atoms. The van der Waals surface area contributed by atoms with E-state index in [0.717, 1.165) is 0 Å². The summed E-state index contributed by atoms with van der Waals surface area (Å²) in [5.74, 6) is -1.88. The van der Waals surface area contributed by atoms with Crippen LogP contribution in [0, 0.1) is 16.7 Å². The minimum Gasteiger partial charge on any atom is -0.439 e. The third-order valence-electron chi connectivity index (χ3n) is 8.59. The predicted molar refractivity (Wildman–Crippen MR) is 121 cm³/mol. The number of aliphatic hydroxyl groups is 3. The van der Waals surface area contributed by atoms with Crippen molar-refractivity contribution >= 4 is 17.8 Å². The maximum atomic E-state index is 13.8. The topological polar surface area (TPSA) is 154 Å². The molecule has 3 aliphatic rings. The highest BCUT2D eigenvalue weighted by molar-refractivity contribution is 5.92. The van der Waals surface area contributed by atoms with E-state index >= 15 is 0 Å². The summed E-state index contributed by atoms with van der Waals surface area (Å²) in [7, 11) is 0. The summed E-state index contributed by atoms with van der Waals surface area (Å²) < 4.78 is 11.9. The van der Waals surface area contributed by atoms with E-state index in [1.165, 1.54) is 13.0 Å². The summed E-state index contributed by atoms with van der Waals surface area (Å²) in [6.45, 7) is 13.7. The molecule has 2 amide bonds. The van der Waals surface area contributed by atoms with Gasteiger partial charge in [0.15, 0.2) is 17.5 Å². The van der Waals surface area contributed by atoms with Gasteiger partial charge in [-0.05, 0) is 32.1 Å². The molecule has 10 heteroatoms. The number of carbonyl (C=O) groups excluding carboxylic acids is 3. The van der Waals surface area contributed by atoms with Crippen molar-refractivity contribution in [3.8, 4) is 0 Å². The molecule has 0 aromatic heterocycles. The number of carbonyl (C=O) groups is 3. The van der Waals surface area contributed by atoms with Gasteiger partial charge >= 0.3 is 6.09 Å². The number of amides is 2. The van der Waals surface area contributed by atoms with Gasteiger partial charge in [0.1, 0.15) is 5.60 Å². The van der Waals surface area contributed by atoms with E-state index < -0.39 is 69.6 Å². The lowest BCUT2D eigenvalue weighted by Crippen LogP contribution is -2.86. The summed E-state index contributed by atoms with van der Waals surface area (Å²) in [6.07, 6.45) is -2.97. The number of ether oxygens (including phenoxy) is 2. The van der Waals surface area contributed by atoms with Crippen molar-refractivity contribution in [1.82, 2.24) is 10.9 Å². The molecule has 0 radical (unpaired) electrons. The molecular weight excluding hydrogens is 444 g/mol. The van der Waals surface area contributed by atoms with Crippen molar-refractivity contribution in [1.29, 1.82) is 0 Å². The van der Waals surface area contributed by atoms with Crippen LogP contribution in [0.15, 0.2) is 12.7 Å². The van der Waals surface area contributed by atoms with E-state index in [2.05, 4.69) is 17.4 Å². The van der Waals surface area contributed by atoms with E-state index in [0.29, 0.717) is 12.8 Å². The second-order valence-electron chi connectivity index (χ2n) is 11.2. The number of nitrogens with one attached hydrogen (secondary N) is 2. The highest BCUT2D eigenvalue weighted by Crippen LogP contribution is 2.66. The fourth-order valence-corrected chi connectivity index (χ4v) is 6.83. The van der Waals surface area contributed by atoms with Crippen LogP contribution in [-0.2, 0) is 19.1 Å². The minimum absolute atomic E-state index is 0.117. The van der Waals surface area contributed by atoms with Crippen LogP contribution in [0.3, 0.4) is 0 Å². The van der Waals surface area contributed by atoms with Gasteiger partial charge in [0.25, 0.3) is 0 Å². The van der Waals surface area contributed by atoms with E-state index in [9.17, 15) is 29.7 Å². The van der Waals surface area contributed by atoms with Crippen LogP contribution in [0.5, 0.6) is 0 Å². The minimum atomic E-state index is -2.30. The maximum absolute atomic E-state index is 13.8. The summed E-state index contributed by atoms with van der Waals surface area (Å²) in [4.78, 5) is 37.9. The predicted octanol–water partition coefficient (Wildman–Crippen LogP) is 1.12. The zero-order valence-electron chi connectivity index (χ0n) is 20.8. The lowest BCUT2D eigenvalue weighted by atomic mass is 9.40. The lowest BCUT2D eigenvalue weighted by molar-refractivity contribution is -0.369. The fourth-order valence-electron chi connectivity index (χ4n) is 6.83. The van der Waals surface area contributed by atoms with Gasteiger partial charge in [0.05, 0.1) is 17.8 Å². The summed E-state index contributed by atoms with van der Waals surface area (Å²) in [5.41, 5.74) is -3.30. The van der Waals surface area contributed by atoms with Crippen LogP contribution < -0.4 is 10.9 Å². The van der Waals surface area contributed by atoms with Crippen LogP contribution in [0.25, 0.3) is 0 Å². The van der Waals surface area contributed by atoms with Crippen molar-refractivity contribution in [3.05, 3.63) is 12.7 Å². The number of hydrogen-bond acceptors (Lipinski definition) is 8. The molecule has 0 aromatic carbocycles. The molecule has 5 N–H and O–H groups in total. The maximum Gasteiger partial charge on any atom is 0.426 e. The van der Waals surface area contributed by atoms with Gasteiger partial charge in [0, 0.05) is 24.2 Å². The van der Waals surface area contributed by atoms with Gasteiger partial charge in [-0.25, -0.2) is 10.2 Å². The molecule has 1 aliphatic heterocycles. The third kappa shape index (κ3) is 3.49. The largest absolute Gasteiger partial charge is 0.439 e. The highest BCUT2D eigenvalue weighted by atomic mass is 16.6. The quantitative estimate of drug-likeness (QED) is 0.296. The number of hydrazine groups is 1. The Balaban J connectivity index is 2.17. The molecule has 0 unspecified atom stereocenters. The van der Waals surface area contributed by atoms with Crippen molar-refractivity contribution in [2.75, 3.05) is 0 Å². The average Bonchev–Trinajstić information content (AvgIpc) is 2.75. The van der Waals surface area contributed by atoms with Gasteiger partial charge in [-0.15, -0.1) is 6.58 Å². The lowest BCUT2D eigenvalue weighted by Gasteiger charge is -2.71. The average molecular weight is 483 g/mol. The normalized spacial score (nSPS) is 45.4. The molecule has 1 heterocycles. The van der Waals surface area contributed by atoms with Gasteiger partial charge in [-0.3, -0.25) is 15.0 Å². The molecule has 3 fully saturated rings. The monoisotopic (exact) mass is 482 g/mol. The third-order valence-corrected chi connectivity index (χ3v) is 8.59. The number of aliphatic hydroxyl groups excluding tert-OH is 2. The standard InChI is InChI=1S/C24H38N2O8/c1-8-15(29)25-26-19(31)33-18-16(30)17-20(3,4)11-10-13(27)22(17,6)24(32)14(28)12-21(5,9-2)34-23(18,24)7/h9,13,16-18,27,30,32H,2,8,10-12H2,1,3-7H3,(H,25,29)(H,26,31)/t13-,16-,17-,18+,21-,22-,23+,24-/m0/s1. The molecule has 34 heavy (non-hydrogen) atoms. The number of ketones is 1. The van der Waals surface area contributed by atoms with E-state index in [1.807, 2.05) is 13.8 Å². The van der Waals surface area contributed by atoms with Gasteiger partial charge < -0.3 is 24.8 Å². The molecule has 0 aromatic rings. The molecule has 1 saturated heterocycles. The Morgan fingerprint density at radius 3 is 2.38 bits per heavy atom. The van der Waals surface area contributed by atoms with Crippen molar-refractivity contribution in [2.24, 2.45) is 16.7 Å². The molecule has 8 atom stereocenters. The molecule has 2 aliphatic carbocycles. The number of fused-ring (bicyclic) bond motifs is 3. The summed E-state index contributed by atoms with van der Waals surface area (Å²) in [6, 6.07) is 0. The molecule has 10 nitrogen and oxygen atoms in total. The zero-order valence-corrected chi connectivity index (χ0v) is 20.8. The summed E-state index contributed by atoms with van der Waals surface area (Å²) in [5, 5.41) is 35.2. The first-order chi connectivity index (χ1) is 15.5. The fraction of sp³-hybridized carbons (Fsp3) is 0.792. The SMILES string of the molecule is C=C[C@@]1(C)CC(=O)[C@]2(O)[C@@]3(C)[C@@H](O)CCC(C)(C)[C@@H]3[C@H](O)[C@@H](OC(=O)NNC(=O)CC)[C@@]2(C)O1. The number of hydrogen-bond donors (Lipinski definition) is 5. The molecule has 0 spiro atoms. The number of Topliss-reactive ketones (excluding diaryl/α,β-unsaturated/α-hetero) is 1. The molecular formula is C24H38N2O8. The molecule has 3 rings (SSSR count). The van der Waals surface area contributed by atoms with Crippen molar-refractivity contribution in [3.63, 3.8) is 0 Å². The Bertz CT molecular complexity index is 892.